The molecule has 0 bridgehead atoms. The number of hydrogen-bond donors (Lipinski definition) is 1. The summed E-state index contributed by atoms with van der Waals surface area (Å²) in [4.78, 5) is 31.6. The number of nitrogens with one attached hydrogen (secondary N) is 1. The summed E-state index contributed by atoms with van der Waals surface area (Å²) in [5, 5.41) is 2.83. The second kappa shape index (κ2) is 9.32. The Labute approximate surface area is 164 Å². The SMILES string of the molecule is COCCNC(=O)C1CC(Oc2ccccc2)CN1C(=O)c1cccnc1C. The summed E-state index contributed by atoms with van der Waals surface area (Å²) >= 11 is 0. The number of benzene rings is 1. The number of amides is 2. The van der Waals surface area contributed by atoms with Crippen molar-refractivity contribution in [2.24, 2.45) is 0 Å². The van der Waals surface area contributed by atoms with Crippen LogP contribution in [0.4, 0.5) is 0 Å². The Morgan fingerprint density at radius 3 is 2.71 bits per heavy atom. The first-order valence-electron chi connectivity index (χ1n) is 9.31. The lowest BCUT2D eigenvalue weighted by Crippen LogP contribution is -2.46. The van der Waals surface area contributed by atoms with Gasteiger partial charge in [0.05, 0.1) is 18.7 Å². The number of pyridine rings is 1. The number of carbonyl (C=O) groups excluding carboxylic acids is 2. The average molecular weight is 383 g/mol. The van der Waals surface area contributed by atoms with E-state index in [9.17, 15) is 9.59 Å². The zero-order valence-electron chi connectivity index (χ0n) is 16.1. The molecule has 1 aromatic carbocycles. The number of aryl methyl sites for hydroxylation is 1. The van der Waals surface area contributed by atoms with E-state index in [1.807, 2.05) is 30.3 Å². The molecule has 3 rings (SSSR count). The van der Waals surface area contributed by atoms with Gasteiger partial charge in [-0.15, -0.1) is 0 Å². The quantitative estimate of drug-likeness (QED) is 0.738. The molecule has 1 aliphatic rings. The molecule has 0 radical (unpaired) electrons. The van der Waals surface area contributed by atoms with Crippen LogP contribution >= 0.6 is 0 Å². The number of methoxy groups -OCH3 is 1. The van der Waals surface area contributed by atoms with E-state index in [0.29, 0.717) is 37.4 Å². The maximum Gasteiger partial charge on any atom is 0.256 e. The standard InChI is InChI=1S/C21H25N3O4/c1-15-18(9-6-10-22-15)21(26)24-14-17(28-16-7-4-3-5-8-16)13-19(24)20(25)23-11-12-27-2/h3-10,17,19H,11-14H2,1-2H3,(H,23,25). The van der Waals surface area contributed by atoms with Gasteiger partial charge in [0.25, 0.3) is 5.91 Å². The van der Waals surface area contributed by atoms with Gasteiger partial charge in [-0.3, -0.25) is 14.6 Å². The Bertz CT molecular complexity index is 812. The van der Waals surface area contributed by atoms with Gasteiger partial charge in [0.15, 0.2) is 0 Å². The number of likely N-dealkylation sites (tertiary alicyclic amines) is 1. The van der Waals surface area contributed by atoms with Crippen LogP contribution in [0.1, 0.15) is 22.5 Å². The van der Waals surface area contributed by atoms with E-state index in [-0.39, 0.29) is 17.9 Å². The fourth-order valence-electron chi connectivity index (χ4n) is 3.31. The highest BCUT2D eigenvalue weighted by Gasteiger charge is 2.41. The molecule has 148 valence electrons. The highest BCUT2D eigenvalue weighted by Crippen LogP contribution is 2.25. The minimum atomic E-state index is -0.599. The van der Waals surface area contributed by atoms with Gasteiger partial charge in [0, 0.05) is 32.0 Å². The Balaban J connectivity index is 1.78. The lowest BCUT2D eigenvalue weighted by Gasteiger charge is -2.24. The Morgan fingerprint density at radius 1 is 1.21 bits per heavy atom. The van der Waals surface area contributed by atoms with Gasteiger partial charge in [-0.05, 0) is 31.2 Å². The van der Waals surface area contributed by atoms with Gasteiger partial charge in [-0.2, -0.15) is 0 Å². The van der Waals surface area contributed by atoms with Crippen molar-refractivity contribution in [2.45, 2.75) is 25.5 Å². The van der Waals surface area contributed by atoms with Crippen LogP contribution in [0, 0.1) is 6.92 Å². The molecule has 1 aliphatic heterocycles. The zero-order chi connectivity index (χ0) is 19.9. The summed E-state index contributed by atoms with van der Waals surface area (Å²) in [7, 11) is 1.58. The molecule has 0 aliphatic carbocycles. The van der Waals surface area contributed by atoms with Gasteiger partial charge >= 0.3 is 0 Å². The van der Waals surface area contributed by atoms with E-state index in [4.69, 9.17) is 9.47 Å². The number of aromatic nitrogens is 1. The van der Waals surface area contributed by atoms with Crippen LogP contribution in [0.15, 0.2) is 48.7 Å². The normalized spacial score (nSPS) is 18.7. The van der Waals surface area contributed by atoms with Crippen LogP contribution < -0.4 is 10.1 Å². The molecule has 1 aromatic heterocycles. The molecule has 2 aromatic rings. The van der Waals surface area contributed by atoms with Crippen molar-refractivity contribution in [3.8, 4) is 5.75 Å². The molecule has 2 heterocycles. The van der Waals surface area contributed by atoms with Crippen LogP contribution in [-0.4, -0.2) is 60.7 Å². The minimum absolute atomic E-state index is 0.203. The fraction of sp³-hybridized carbons (Fsp3) is 0.381. The first kappa shape index (κ1) is 19.8. The van der Waals surface area contributed by atoms with Gasteiger partial charge in [-0.1, -0.05) is 18.2 Å². The number of nitrogens with zero attached hydrogens (tertiary/aromatic N) is 2. The van der Waals surface area contributed by atoms with Crippen molar-refractivity contribution >= 4 is 11.8 Å². The van der Waals surface area contributed by atoms with Gasteiger partial charge in [0.1, 0.15) is 17.9 Å². The van der Waals surface area contributed by atoms with E-state index < -0.39 is 6.04 Å². The summed E-state index contributed by atoms with van der Waals surface area (Å²) in [5.41, 5.74) is 1.14. The van der Waals surface area contributed by atoms with Gasteiger partial charge in [0.2, 0.25) is 5.91 Å². The first-order chi connectivity index (χ1) is 13.6. The second-order valence-electron chi connectivity index (χ2n) is 6.68. The lowest BCUT2D eigenvalue weighted by atomic mass is 10.1. The third-order valence-electron chi connectivity index (χ3n) is 4.71. The Kier molecular flexibility index (Phi) is 6.60. The molecule has 2 amide bonds. The topological polar surface area (TPSA) is 80.8 Å². The van der Waals surface area contributed by atoms with Crippen molar-refractivity contribution in [3.05, 3.63) is 59.9 Å². The summed E-state index contributed by atoms with van der Waals surface area (Å²) in [6.45, 7) is 2.93. The van der Waals surface area contributed by atoms with Crippen molar-refractivity contribution in [2.75, 3.05) is 26.8 Å². The summed E-state index contributed by atoms with van der Waals surface area (Å²) in [5.74, 6) is 0.306. The van der Waals surface area contributed by atoms with E-state index in [2.05, 4.69) is 10.3 Å². The molecule has 0 spiro atoms. The molecule has 1 saturated heterocycles. The highest BCUT2D eigenvalue weighted by atomic mass is 16.5. The third-order valence-corrected chi connectivity index (χ3v) is 4.71. The van der Waals surface area contributed by atoms with Crippen molar-refractivity contribution < 1.29 is 19.1 Å². The zero-order valence-corrected chi connectivity index (χ0v) is 16.1. The Hall–Kier alpha value is -2.93. The predicted molar refractivity (Wildman–Crippen MR) is 104 cm³/mol. The number of ether oxygens (including phenoxy) is 2. The number of hydrogen-bond acceptors (Lipinski definition) is 5. The van der Waals surface area contributed by atoms with E-state index in [0.717, 1.165) is 5.75 Å². The Morgan fingerprint density at radius 2 is 2.00 bits per heavy atom. The van der Waals surface area contributed by atoms with E-state index in [1.54, 1.807) is 37.3 Å². The highest BCUT2D eigenvalue weighted by molar-refractivity contribution is 5.98. The molecule has 7 heteroatoms. The van der Waals surface area contributed by atoms with Gasteiger partial charge in [-0.25, -0.2) is 0 Å². The third kappa shape index (κ3) is 4.67. The number of rotatable bonds is 7. The monoisotopic (exact) mass is 383 g/mol. The van der Waals surface area contributed by atoms with Crippen LogP contribution in [0.3, 0.4) is 0 Å². The van der Waals surface area contributed by atoms with Gasteiger partial charge < -0.3 is 19.7 Å². The molecule has 2 unspecified atom stereocenters. The lowest BCUT2D eigenvalue weighted by molar-refractivity contribution is -0.125. The molecule has 1 N–H and O–H groups in total. The maximum absolute atomic E-state index is 13.1. The summed E-state index contributed by atoms with van der Waals surface area (Å²) in [6, 6.07) is 12.3. The van der Waals surface area contributed by atoms with E-state index in [1.165, 1.54) is 0 Å². The minimum Gasteiger partial charge on any atom is -0.488 e. The number of para-hydroxylation sites is 1. The molecule has 28 heavy (non-hydrogen) atoms. The first-order valence-corrected chi connectivity index (χ1v) is 9.31. The van der Waals surface area contributed by atoms with Crippen LogP contribution in [0.25, 0.3) is 0 Å². The van der Waals surface area contributed by atoms with Crippen LogP contribution in [-0.2, 0) is 9.53 Å². The van der Waals surface area contributed by atoms with E-state index >= 15 is 0 Å². The van der Waals surface area contributed by atoms with Crippen molar-refractivity contribution in [3.63, 3.8) is 0 Å². The molecular formula is C21H25N3O4. The van der Waals surface area contributed by atoms with Crippen LogP contribution in [0.2, 0.25) is 0 Å². The van der Waals surface area contributed by atoms with Crippen molar-refractivity contribution in [1.29, 1.82) is 0 Å². The second-order valence-corrected chi connectivity index (χ2v) is 6.68. The molecule has 1 fully saturated rings. The molecule has 0 saturated carbocycles. The summed E-state index contributed by atoms with van der Waals surface area (Å²) < 4.78 is 11.0. The maximum atomic E-state index is 13.1. The van der Waals surface area contributed by atoms with Crippen molar-refractivity contribution in [1.82, 2.24) is 15.2 Å². The fourth-order valence-corrected chi connectivity index (χ4v) is 3.31. The summed E-state index contributed by atoms with van der Waals surface area (Å²) in [6.07, 6.45) is 1.81. The molecular weight excluding hydrogens is 358 g/mol. The number of carbonyl (C=O) groups is 2. The predicted octanol–water partition coefficient (Wildman–Crippen LogP) is 1.81. The molecule has 2 atom stereocenters. The van der Waals surface area contributed by atoms with Crippen LogP contribution in [0.5, 0.6) is 5.75 Å². The largest absolute Gasteiger partial charge is 0.488 e. The molecule has 7 nitrogen and oxygen atoms in total. The smallest absolute Gasteiger partial charge is 0.256 e. The average Bonchev–Trinajstić information content (AvgIpc) is 3.12.